The molecule has 0 saturated heterocycles. The van der Waals surface area contributed by atoms with Crippen molar-refractivity contribution in [3.8, 4) is 22.5 Å². The van der Waals surface area contributed by atoms with E-state index in [2.05, 4.69) is 25.3 Å². The van der Waals surface area contributed by atoms with E-state index in [1.807, 2.05) is 26.8 Å². The predicted molar refractivity (Wildman–Crippen MR) is 84.3 cm³/mol. The van der Waals surface area contributed by atoms with Crippen LogP contribution in [0.3, 0.4) is 0 Å². The fraction of sp³-hybridized carbons (Fsp3) is 0.250. The van der Waals surface area contributed by atoms with Gasteiger partial charge in [-0.05, 0) is 26.8 Å². The normalized spacial score (nSPS) is 10.9. The third-order valence-electron chi connectivity index (χ3n) is 3.16. The lowest BCUT2D eigenvalue weighted by Crippen LogP contribution is -2.13. The Hall–Kier alpha value is -2.76. The molecule has 0 saturated carbocycles. The van der Waals surface area contributed by atoms with Crippen molar-refractivity contribution in [1.29, 1.82) is 0 Å². The average Bonchev–Trinajstić information content (AvgIpc) is 2.93. The molecule has 3 aromatic rings. The molecule has 0 aliphatic carbocycles. The predicted octanol–water partition coefficient (Wildman–Crippen LogP) is 3.32. The molecular formula is C16H17N5O. The van der Waals surface area contributed by atoms with Crippen LogP contribution >= 0.6 is 0 Å². The molecule has 6 nitrogen and oxygen atoms in total. The summed E-state index contributed by atoms with van der Waals surface area (Å²) in [7, 11) is 0. The molecule has 3 aromatic heterocycles. The van der Waals surface area contributed by atoms with Crippen LogP contribution in [-0.2, 0) is 0 Å². The Morgan fingerprint density at radius 3 is 2.59 bits per heavy atom. The number of furan rings is 1. The molecule has 0 bridgehead atoms. The molecule has 3 heterocycles. The Morgan fingerprint density at radius 1 is 1.09 bits per heavy atom. The minimum absolute atomic E-state index is 0.251. The average molecular weight is 295 g/mol. The van der Waals surface area contributed by atoms with Gasteiger partial charge in [-0.15, -0.1) is 0 Å². The van der Waals surface area contributed by atoms with Crippen LogP contribution < -0.4 is 5.32 Å². The number of aromatic nitrogens is 4. The first-order chi connectivity index (χ1) is 10.6. The highest BCUT2D eigenvalue weighted by atomic mass is 16.3. The van der Waals surface area contributed by atoms with Crippen LogP contribution in [0.25, 0.3) is 22.5 Å². The fourth-order valence-electron chi connectivity index (χ4n) is 2.17. The SMILES string of the molecule is Cc1occc1-c1nc(NC(C)C)ncc1-c1cnccn1. The minimum atomic E-state index is 0.251. The highest BCUT2D eigenvalue weighted by Crippen LogP contribution is 2.31. The lowest BCUT2D eigenvalue weighted by Gasteiger charge is -2.12. The third kappa shape index (κ3) is 2.81. The number of rotatable bonds is 4. The molecule has 6 heteroatoms. The molecule has 3 rings (SSSR count). The first kappa shape index (κ1) is 14.2. The molecule has 0 spiro atoms. The number of aryl methyl sites for hydroxylation is 1. The topological polar surface area (TPSA) is 76.7 Å². The smallest absolute Gasteiger partial charge is 0.223 e. The fourth-order valence-corrected chi connectivity index (χ4v) is 2.17. The molecule has 0 amide bonds. The van der Waals surface area contributed by atoms with E-state index >= 15 is 0 Å². The molecule has 0 unspecified atom stereocenters. The van der Waals surface area contributed by atoms with Gasteiger partial charge >= 0.3 is 0 Å². The molecule has 0 aliphatic heterocycles. The summed E-state index contributed by atoms with van der Waals surface area (Å²) in [6.45, 7) is 6.00. The Labute approximate surface area is 128 Å². The van der Waals surface area contributed by atoms with E-state index in [4.69, 9.17) is 4.42 Å². The molecule has 1 N–H and O–H groups in total. The lowest BCUT2D eigenvalue weighted by molar-refractivity contribution is 0.535. The number of hydrogen-bond acceptors (Lipinski definition) is 6. The summed E-state index contributed by atoms with van der Waals surface area (Å²) in [5.74, 6) is 1.39. The van der Waals surface area contributed by atoms with Gasteiger partial charge in [-0.25, -0.2) is 9.97 Å². The van der Waals surface area contributed by atoms with Gasteiger partial charge in [0, 0.05) is 35.8 Å². The van der Waals surface area contributed by atoms with Crippen molar-refractivity contribution in [3.05, 3.63) is 42.9 Å². The van der Waals surface area contributed by atoms with E-state index in [1.54, 1.807) is 31.1 Å². The molecule has 22 heavy (non-hydrogen) atoms. The van der Waals surface area contributed by atoms with Gasteiger partial charge in [-0.2, -0.15) is 0 Å². The number of hydrogen-bond donors (Lipinski definition) is 1. The maximum atomic E-state index is 5.41. The highest BCUT2D eigenvalue weighted by molar-refractivity contribution is 5.79. The summed E-state index contributed by atoms with van der Waals surface area (Å²) in [5, 5.41) is 3.22. The van der Waals surface area contributed by atoms with Crippen molar-refractivity contribution >= 4 is 5.95 Å². The van der Waals surface area contributed by atoms with E-state index in [-0.39, 0.29) is 6.04 Å². The lowest BCUT2D eigenvalue weighted by atomic mass is 10.1. The Bertz CT molecular complexity index is 767. The standard InChI is InChI=1S/C16H17N5O/c1-10(2)20-16-19-8-13(14-9-17-5-6-18-14)15(21-16)12-4-7-22-11(12)3/h4-10H,1-3H3,(H,19,20,21). The van der Waals surface area contributed by atoms with Crippen LogP contribution in [0, 0.1) is 6.92 Å². The molecule has 112 valence electrons. The molecule has 0 fully saturated rings. The van der Waals surface area contributed by atoms with Crippen molar-refractivity contribution < 1.29 is 4.42 Å². The summed E-state index contributed by atoms with van der Waals surface area (Å²) in [4.78, 5) is 17.5. The third-order valence-corrected chi connectivity index (χ3v) is 3.16. The monoisotopic (exact) mass is 295 g/mol. The number of nitrogens with zero attached hydrogens (tertiary/aromatic N) is 4. The van der Waals surface area contributed by atoms with Crippen LogP contribution in [0.5, 0.6) is 0 Å². The zero-order valence-electron chi connectivity index (χ0n) is 12.7. The summed E-state index contributed by atoms with van der Waals surface area (Å²) < 4.78 is 5.41. The molecular weight excluding hydrogens is 278 g/mol. The van der Waals surface area contributed by atoms with Crippen LogP contribution in [0.1, 0.15) is 19.6 Å². The van der Waals surface area contributed by atoms with E-state index in [9.17, 15) is 0 Å². The second-order valence-corrected chi connectivity index (χ2v) is 5.24. The molecule has 0 aliphatic rings. The second-order valence-electron chi connectivity index (χ2n) is 5.24. The van der Waals surface area contributed by atoms with E-state index in [0.717, 1.165) is 28.3 Å². The van der Waals surface area contributed by atoms with Gasteiger partial charge in [-0.1, -0.05) is 0 Å². The van der Waals surface area contributed by atoms with Gasteiger partial charge in [0.1, 0.15) is 5.76 Å². The molecule has 0 aromatic carbocycles. The maximum Gasteiger partial charge on any atom is 0.223 e. The first-order valence-corrected chi connectivity index (χ1v) is 7.09. The van der Waals surface area contributed by atoms with Crippen molar-refractivity contribution in [2.45, 2.75) is 26.8 Å². The zero-order valence-corrected chi connectivity index (χ0v) is 12.7. The van der Waals surface area contributed by atoms with Crippen LogP contribution in [0.2, 0.25) is 0 Å². The largest absolute Gasteiger partial charge is 0.469 e. The van der Waals surface area contributed by atoms with Crippen LogP contribution in [-0.4, -0.2) is 26.0 Å². The van der Waals surface area contributed by atoms with Crippen LogP contribution in [0.4, 0.5) is 5.95 Å². The first-order valence-electron chi connectivity index (χ1n) is 7.09. The summed E-state index contributed by atoms with van der Waals surface area (Å²) in [6, 6.07) is 2.15. The van der Waals surface area contributed by atoms with E-state index in [0.29, 0.717) is 5.95 Å². The highest BCUT2D eigenvalue weighted by Gasteiger charge is 2.16. The maximum absolute atomic E-state index is 5.41. The van der Waals surface area contributed by atoms with Gasteiger partial charge in [0.15, 0.2) is 0 Å². The summed E-state index contributed by atoms with van der Waals surface area (Å²) in [6.07, 6.45) is 8.42. The second kappa shape index (κ2) is 5.93. The Balaban J connectivity index is 2.16. The van der Waals surface area contributed by atoms with E-state index in [1.165, 1.54) is 0 Å². The van der Waals surface area contributed by atoms with Crippen LogP contribution in [0.15, 0.2) is 41.5 Å². The minimum Gasteiger partial charge on any atom is -0.469 e. The van der Waals surface area contributed by atoms with Gasteiger partial charge in [0.05, 0.1) is 23.8 Å². The van der Waals surface area contributed by atoms with Crippen molar-refractivity contribution in [3.63, 3.8) is 0 Å². The van der Waals surface area contributed by atoms with Crippen molar-refractivity contribution in [1.82, 2.24) is 19.9 Å². The van der Waals surface area contributed by atoms with Gasteiger partial charge in [0.2, 0.25) is 5.95 Å². The molecule has 0 radical (unpaired) electrons. The Kier molecular flexibility index (Phi) is 3.82. The zero-order chi connectivity index (χ0) is 15.5. The summed E-state index contributed by atoms with van der Waals surface area (Å²) in [5.41, 5.74) is 3.26. The van der Waals surface area contributed by atoms with Crippen molar-refractivity contribution in [2.75, 3.05) is 5.32 Å². The van der Waals surface area contributed by atoms with E-state index < -0.39 is 0 Å². The van der Waals surface area contributed by atoms with Gasteiger partial charge in [-0.3, -0.25) is 9.97 Å². The number of anilines is 1. The number of nitrogens with one attached hydrogen (secondary N) is 1. The van der Waals surface area contributed by atoms with Crippen molar-refractivity contribution in [2.24, 2.45) is 0 Å². The van der Waals surface area contributed by atoms with Gasteiger partial charge in [0.25, 0.3) is 0 Å². The summed E-state index contributed by atoms with van der Waals surface area (Å²) >= 11 is 0. The Morgan fingerprint density at radius 2 is 1.95 bits per heavy atom. The molecule has 0 atom stereocenters. The quantitative estimate of drug-likeness (QED) is 0.795. The van der Waals surface area contributed by atoms with Gasteiger partial charge < -0.3 is 9.73 Å².